The van der Waals surface area contributed by atoms with E-state index in [1.165, 1.54) is 12.1 Å². The first-order valence-electron chi connectivity index (χ1n) is 6.49. The monoisotopic (exact) mass is 260 g/mol. The van der Waals surface area contributed by atoms with Crippen molar-refractivity contribution in [2.75, 3.05) is 5.32 Å². The molecule has 1 aromatic carbocycles. The molecule has 0 unspecified atom stereocenters. The minimum atomic E-state index is -0.375. The summed E-state index contributed by atoms with van der Waals surface area (Å²) < 4.78 is 13.5. The second-order valence-corrected chi connectivity index (χ2v) is 4.55. The maximum atomic E-state index is 13.5. The van der Waals surface area contributed by atoms with Crippen LogP contribution in [0.5, 0.6) is 0 Å². The van der Waals surface area contributed by atoms with Crippen molar-refractivity contribution in [2.24, 2.45) is 5.92 Å². The summed E-state index contributed by atoms with van der Waals surface area (Å²) in [6, 6.07) is 4.54. The molecule has 0 radical (unpaired) electrons. The van der Waals surface area contributed by atoms with Crippen LogP contribution in [0.4, 0.5) is 10.1 Å². The first kappa shape index (κ1) is 13.5. The van der Waals surface area contributed by atoms with E-state index in [0.29, 0.717) is 11.1 Å². The van der Waals surface area contributed by atoms with E-state index in [1.807, 2.05) is 13.8 Å². The summed E-state index contributed by atoms with van der Waals surface area (Å²) in [5, 5.41) is 4.31. The number of amides is 1. The Kier molecular flexibility index (Phi) is 4.10. The zero-order valence-electron chi connectivity index (χ0n) is 11.1. The molecule has 19 heavy (non-hydrogen) atoms. The zero-order valence-corrected chi connectivity index (χ0v) is 11.1. The minimum Gasteiger partial charge on any atom is -0.325 e. The number of aromatic nitrogens is 1. The van der Waals surface area contributed by atoms with Gasteiger partial charge in [-0.3, -0.25) is 9.78 Å². The number of fused-ring (bicyclic) bond motifs is 1. The molecule has 0 saturated heterocycles. The minimum absolute atomic E-state index is 0.0415. The molecule has 0 aliphatic heterocycles. The summed E-state index contributed by atoms with van der Waals surface area (Å²) in [7, 11) is 0. The number of pyridine rings is 1. The Morgan fingerprint density at radius 2 is 2.11 bits per heavy atom. The predicted octanol–water partition coefficient (Wildman–Crippen LogP) is 3.75. The Morgan fingerprint density at radius 1 is 1.37 bits per heavy atom. The Hall–Kier alpha value is -1.97. The summed E-state index contributed by atoms with van der Waals surface area (Å²) in [5.74, 6) is -0.478. The van der Waals surface area contributed by atoms with Gasteiger partial charge in [-0.05, 0) is 31.0 Å². The quantitative estimate of drug-likeness (QED) is 0.909. The van der Waals surface area contributed by atoms with Gasteiger partial charge < -0.3 is 5.32 Å². The first-order chi connectivity index (χ1) is 9.15. The molecule has 0 spiro atoms. The average molecular weight is 260 g/mol. The van der Waals surface area contributed by atoms with Crippen molar-refractivity contribution < 1.29 is 9.18 Å². The Bertz CT molecular complexity index is 594. The molecule has 100 valence electrons. The van der Waals surface area contributed by atoms with Gasteiger partial charge in [0.15, 0.2) is 0 Å². The third-order valence-corrected chi connectivity index (χ3v) is 3.33. The molecule has 0 atom stereocenters. The van der Waals surface area contributed by atoms with Crippen LogP contribution in [-0.4, -0.2) is 10.9 Å². The maximum absolute atomic E-state index is 13.5. The number of carbonyl (C=O) groups is 1. The number of benzene rings is 1. The van der Waals surface area contributed by atoms with Crippen LogP contribution in [0.2, 0.25) is 0 Å². The van der Waals surface area contributed by atoms with Crippen LogP contribution in [0.15, 0.2) is 30.6 Å². The Balaban J connectivity index is 2.37. The summed E-state index contributed by atoms with van der Waals surface area (Å²) >= 11 is 0. The molecule has 0 saturated carbocycles. The molecule has 1 amide bonds. The van der Waals surface area contributed by atoms with Crippen LogP contribution in [-0.2, 0) is 4.79 Å². The fraction of sp³-hybridized carbons (Fsp3) is 0.333. The molecule has 0 bridgehead atoms. The topological polar surface area (TPSA) is 42.0 Å². The highest BCUT2D eigenvalue weighted by atomic mass is 19.1. The summed E-state index contributed by atoms with van der Waals surface area (Å²) in [5.41, 5.74) is 0.509. The van der Waals surface area contributed by atoms with E-state index in [9.17, 15) is 9.18 Å². The van der Waals surface area contributed by atoms with E-state index in [0.717, 1.165) is 18.2 Å². The highest BCUT2D eigenvalue weighted by Crippen LogP contribution is 2.25. The molecule has 0 aliphatic carbocycles. The second-order valence-electron chi connectivity index (χ2n) is 4.55. The highest BCUT2D eigenvalue weighted by molar-refractivity contribution is 6.02. The molecule has 1 aromatic heterocycles. The van der Waals surface area contributed by atoms with Gasteiger partial charge in [0, 0.05) is 29.1 Å². The number of rotatable bonds is 4. The largest absolute Gasteiger partial charge is 0.325 e. The number of hydrogen-bond donors (Lipinski definition) is 1. The third-order valence-electron chi connectivity index (χ3n) is 3.33. The van der Waals surface area contributed by atoms with Gasteiger partial charge in [0.25, 0.3) is 0 Å². The summed E-state index contributed by atoms with van der Waals surface area (Å²) in [6.07, 6.45) is 4.77. The van der Waals surface area contributed by atoms with E-state index in [1.54, 1.807) is 18.5 Å². The smallest absolute Gasteiger partial charge is 0.227 e. The lowest BCUT2D eigenvalue weighted by Gasteiger charge is -2.14. The standard InChI is InChI=1S/C15H17FN2O/c1-3-10(4-2)15(19)18-14-8-12(16)7-11-9-17-6-5-13(11)14/h5-10H,3-4H2,1-2H3,(H,18,19). The number of nitrogens with one attached hydrogen (secondary N) is 1. The predicted molar refractivity (Wildman–Crippen MR) is 74.4 cm³/mol. The van der Waals surface area contributed by atoms with Gasteiger partial charge in [-0.15, -0.1) is 0 Å². The Morgan fingerprint density at radius 3 is 2.79 bits per heavy atom. The molecule has 3 nitrogen and oxygen atoms in total. The van der Waals surface area contributed by atoms with Crippen LogP contribution in [0, 0.1) is 11.7 Å². The van der Waals surface area contributed by atoms with Gasteiger partial charge in [0.05, 0.1) is 5.69 Å². The van der Waals surface area contributed by atoms with Gasteiger partial charge in [-0.25, -0.2) is 4.39 Å². The van der Waals surface area contributed by atoms with Crippen LogP contribution in [0.25, 0.3) is 10.8 Å². The normalized spacial score (nSPS) is 10.9. The van der Waals surface area contributed by atoms with Crippen molar-refractivity contribution in [2.45, 2.75) is 26.7 Å². The molecule has 0 fully saturated rings. The second kappa shape index (κ2) is 5.78. The van der Waals surface area contributed by atoms with E-state index in [4.69, 9.17) is 0 Å². The summed E-state index contributed by atoms with van der Waals surface area (Å²) in [6.45, 7) is 3.95. The van der Waals surface area contributed by atoms with Gasteiger partial charge in [0.1, 0.15) is 5.82 Å². The summed E-state index contributed by atoms with van der Waals surface area (Å²) in [4.78, 5) is 16.0. The molecule has 1 heterocycles. The van der Waals surface area contributed by atoms with E-state index >= 15 is 0 Å². The number of halogens is 1. The lowest BCUT2D eigenvalue weighted by molar-refractivity contribution is -0.120. The number of anilines is 1. The molecule has 0 aliphatic rings. The molecular weight excluding hydrogens is 243 g/mol. The average Bonchev–Trinajstić information content (AvgIpc) is 2.40. The van der Waals surface area contributed by atoms with Gasteiger partial charge in [-0.1, -0.05) is 13.8 Å². The fourth-order valence-electron chi connectivity index (χ4n) is 2.17. The van der Waals surface area contributed by atoms with Gasteiger partial charge >= 0.3 is 0 Å². The number of nitrogens with zero attached hydrogens (tertiary/aromatic N) is 1. The zero-order chi connectivity index (χ0) is 13.8. The molecule has 1 N–H and O–H groups in total. The first-order valence-corrected chi connectivity index (χ1v) is 6.49. The van der Waals surface area contributed by atoms with Crippen molar-refractivity contribution >= 4 is 22.4 Å². The molecule has 2 rings (SSSR count). The van der Waals surface area contributed by atoms with Crippen molar-refractivity contribution in [3.05, 3.63) is 36.4 Å². The number of hydrogen-bond acceptors (Lipinski definition) is 2. The lowest BCUT2D eigenvalue weighted by Crippen LogP contribution is -2.21. The van der Waals surface area contributed by atoms with Crippen LogP contribution < -0.4 is 5.32 Å². The Labute approximate surface area is 111 Å². The third kappa shape index (κ3) is 2.89. The lowest BCUT2D eigenvalue weighted by atomic mass is 10.0. The maximum Gasteiger partial charge on any atom is 0.227 e. The molecule has 4 heteroatoms. The fourth-order valence-corrected chi connectivity index (χ4v) is 2.17. The van der Waals surface area contributed by atoms with Crippen LogP contribution in [0.1, 0.15) is 26.7 Å². The van der Waals surface area contributed by atoms with E-state index < -0.39 is 0 Å². The van der Waals surface area contributed by atoms with Crippen molar-refractivity contribution in [3.63, 3.8) is 0 Å². The number of carbonyl (C=O) groups excluding carboxylic acids is 1. The SMILES string of the molecule is CCC(CC)C(=O)Nc1cc(F)cc2cnccc12. The van der Waals surface area contributed by atoms with Gasteiger partial charge in [-0.2, -0.15) is 0 Å². The van der Waals surface area contributed by atoms with Crippen molar-refractivity contribution in [1.29, 1.82) is 0 Å². The molecule has 2 aromatic rings. The van der Waals surface area contributed by atoms with E-state index in [2.05, 4.69) is 10.3 Å². The highest BCUT2D eigenvalue weighted by Gasteiger charge is 2.15. The van der Waals surface area contributed by atoms with Crippen LogP contribution >= 0.6 is 0 Å². The molecular formula is C15H17FN2O. The van der Waals surface area contributed by atoms with Crippen LogP contribution in [0.3, 0.4) is 0 Å². The van der Waals surface area contributed by atoms with Crippen molar-refractivity contribution in [1.82, 2.24) is 4.98 Å². The van der Waals surface area contributed by atoms with E-state index in [-0.39, 0.29) is 17.6 Å². The van der Waals surface area contributed by atoms with Crippen molar-refractivity contribution in [3.8, 4) is 0 Å². The van der Waals surface area contributed by atoms with Gasteiger partial charge in [0.2, 0.25) is 5.91 Å².